The molecule has 13 heteroatoms. The van der Waals surface area contributed by atoms with E-state index in [1.54, 1.807) is 18.7 Å². The van der Waals surface area contributed by atoms with Gasteiger partial charge in [0.1, 0.15) is 6.61 Å². The maximum absolute atomic E-state index is 12.9. The van der Waals surface area contributed by atoms with Crippen LogP contribution in [0.1, 0.15) is 36.5 Å². The summed E-state index contributed by atoms with van der Waals surface area (Å²) in [5.74, 6) is -0.171. The number of aromatic nitrogens is 2. The smallest absolute Gasteiger partial charge is 0.422 e. The third-order valence-electron chi connectivity index (χ3n) is 8.26. The zero-order valence-corrected chi connectivity index (χ0v) is 26.2. The lowest BCUT2D eigenvalue weighted by Gasteiger charge is -2.53. The second-order valence-corrected chi connectivity index (χ2v) is 11.8. The number of methoxy groups -OCH3 is 1. The van der Waals surface area contributed by atoms with Gasteiger partial charge in [0.05, 0.1) is 18.8 Å². The molecule has 0 spiro atoms. The number of halogens is 3. The predicted molar refractivity (Wildman–Crippen MR) is 164 cm³/mol. The van der Waals surface area contributed by atoms with E-state index in [2.05, 4.69) is 44.0 Å². The van der Waals surface area contributed by atoms with Crippen LogP contribution >= 0.6 is 0 Å². The van der Waals surface area contributed by atoms with E-state index in [9.17, 15) is 23.1 Å². The van der Waals surface area contributed by atoms with Crippen molar-refractivity contribution in [1.82, 2.24) is 24.7 Å². The van der Waals surface area contributed by atoms with E-state index in [1.165, 1.54) is 7.11 Å². The molecule has 1 N–H and O–H groups in total. The van der Waals surface area contributed by atoms with Gasteiger partial charge in [-0.25, -0.2) is 0 Å². The van der Waals surface area contributed by atoms with E-state index in [-0.39, 0.29) is 48.3 Å². The van der Waals surface area contributed by atoms with E-state index in [1.807, 2.05) is 36.4 Å². The summed E-state index contributed by atoms with van der Waals surface area (Å²) in [5.41, 5.74) is 2.80. The Labute approximate surface area is 266 Å². The molecule has 46 heavy (non-hydrogen) atoms. The van der Waals surface area contributed by atoms with Crippen molar-refractivity contribution in [2.45, 2.75) is 50.7 Å². The first-order valence-corrected chi connectivity index (χ1v) is 15.3. The van der Waals surface area contributed by atoms with Gasteiger partial charge in [0.25, 0.3) is 0 Å². The normalized spacial score (nSPS) is 19.3. The molecule has 0 aliphatic carbocycles. The number of hydrogen-bond donors (Lipinski definition) is 1. The van der Waals surface area contributed by atoms with Crippen molar-refractivity contribution in [3.05, 3.63) is 77.4 Å². The molecule has 2 saturated heterocycles. The van der Waals surface area contributed by atoms with Crippen molar-refractivity contribution in [2.24, 2.45) is 0 Å². The van der Waals surface area contributed by atoms with Crippen molar-refractivity contribution in [2.75, 3.05) is 53.0 Å². The van der Waals surface area contributed by atoms with Crippen LogP contribution in [0.3, 0.4) is 0 Å². The lowest BCUT2D eigenvalue weighted by Crippen LogP contribution is -2.67. The number of aliphatic hydroxyl groups excluding tert-OH is 1. The fourth-order valence-electron chi connectivity index (χ4n) is 6.41. The Balaban J connectivity index is 1.53. The first-order valence-electron chi connectivity index (χ1n) is 15.3. The number of alkyl halides is 3. The van der Waals surface area contributed by atoms with Crippen LogP contribution in [0.5, 0.6) is 17.8 Å². The lowest BCUT2D eigenvalue weighted by atomic mass is 9.81. The Bertz CT molecular complexity index is 1410. The van der Waals surface area contributed by atoms with Gasteiger partial charge < -0.3 is 24.2 Å². The van der Waals surface area contributed by atoms with Gasteiger partial charge in [0.15, 0.2) is 6.61 Å². The molecule has 2 aliphatic heterocycles. The van der Waals surface area contributed by atoms with E-state index in [0.717, 1.165) is 11.1 Å². The molecule has 0 radical (unpaired) electrons. The summed E-state index contributed by atoms with van der Waals surface area (Å²) in [6.07, 6.45) is -4.90. The van der Waals surface area contributed by atoms with Gasteiger partial charge in [-0.15, -0.1) is 0 Å². The Kier molecular flexibility index (Phi) is 10.6. The van der Waals surface area contributed by atoms with Crippen LogP contribution in [0.15, 0.2) is 60.7 Å². The number of nitrogens with zero attached hydrogens (tertiary/aromatic N) is 5. The molecule has 2 fully saturated rings. The monoisotopic (exact) mass is 643 g/mol. The molecule has 0 saturated carbocycles. The minimum Gasteiger partial charge on any atom is -0.481 e. The maximum atomic E-state index is 12.9. The molecule has 0 unspecified atom stereocenters. The summed E-state index contributed by atoms with van der Waals surface area (Å²) >= 11 is 0. The molecular weight excluding hydrogens is 603 g/mol. The van der Waals surface area contributed by atoms with Crippen molar-refractivity contribution < 1.29 is 37.3 Å². The van der Waals surface area contributed by atoms with Crippen LogP contribution in [0, 0.1) is 0 Å². The summed E-state index contributed by atoms with van der Waals surface area (Å²) in [7, 11) is 1.39. The summed E-state index contributed by atoms with van der Waals surface area (Å²) < 4.78 is 55.1. The number of rotatable bonds is 11. The summed E-state index contributed by atoms with van der Waals surface area (Å²) in [4.78, 5) is 27.3. The van der Waals surface area contributed by atoms with Gasteiger partial charge in [-0.2, -0.15) is 23.1 Å². The molecule has 3 heterocycles. The number of carbonyl (C=O) groups is 1. The summed E-state index contributed by atoms with van der Waals surface area (Å²) in [5, 5.41) is 9.60. The van der Waals surface area contributed by atoms with E-state index in [4.69, 9.17) is 14.2 Å². The van der Waals surface area contributed by atoms with Crippen LogP contribution in [0.25, 0.3) is 0 Å². The standard InChI is InChI=1S/C33H40F3N5O5/c1-22(2)46-31-26(30(44-3)37-32(38-31)45-21-33(34,35)36)18-39-16-25-17-40(28(43)20-42)14-15-41(25)27(19-39)29(23-10-6-4-7-11-23)24-12-8-5-9-13-24/h4-13,22,25,27,29,42H,14-21H2,1-3H3/t25-,27+/m1/s1. The second-order valence-electron chi connectivity index (χ2n) is 11.8. The zero-order chi connectivity index (χ0) is 32.8. The third kappa shape index (κ3) is 8.06. The number of ether oxygens (including phenoxy) is 3. The number of piperazine rings is 2. The molecular formula is C33H40F3N5O5. The number of benzene rings is 2. The highest BCUT2D eigenvalue weighted by molar-refractivity contribution is 5.77. The first-order chi connectivity index (χ1) is 22.1. The predicted octanol–water partition coefficient (Wildman–Crippen LogP) is 3.73. The van der Waals surface area contributed by atoms with Gasteiger partial charge in [0.2, 0.25) is 17.7 Å². The minimum atomic E-state index is -4.57. The van der Waals surface area contributed by atoms with Crippen LogP contribution in [-0.4, -0.2) is 113 Å². The lowest BCUT2D eigenvalue weighted by molar-refractivity contribution is -0.154. The minimum absolute atomic E-state index is 0.00420. The molecule has 1 amide bonds. The summed E-state index contributed by atoms with van der Waals surface area (Å²) in [6, 6.07) is 20.0. The van der Waals surface area contributed by atoms with E-state index >= 15 is 0 Å². The van der Waals surface area contributed by atoms with Gasteiger partial charge in [-0.05, 0) is 25.0 Å². The van der Waals surface area contributed by atoms with Crippen LogP contribution in [-0.2, 0) is 11.3 Å². The number of carbonyl (C=O) groups excluding carboxylic acids is 1. The molecule has 2 aliphatic rings. The Morgan fingerprint density at radius 1 is 0.957 bits per heavy atom. The highest BCUT2D eigenvalue weighted by atomic mass is 19.4. The first kappa shape index (κ1) is 33.4. The molecule has 5 rings (SSSR count). The molecule has 1 aromatic heterocycles. The number of amides is 1. The van der Waals surface area contributed by atoms with Crippen LogP contribution < -0.4 is 14.2 Å². The molecule has 248 valence electrons. The number of aliphatic hydroxyl groups is 1. The Hall–Kier alpha value is -3.94. The molecule has 2 atom stereocenters. The highest BCUT2D eigenvalue weighted by Crippen LogP contribution is 2.38. The van der Waals surface area contributed by atoms with Gasteiger partial charge >= 0.3 is 12.2 Å². The number of fused-ring (bicyclic) bond motifs is 1. The molecule has 10 nitrogen and oxygen atoms in total. The van der Waals surface area contributed by atoms with Crippen molar-refractivity contribution in [1.29, 1.82) is 0 Å². The molecule has 0 bridgehead atoms. The maximum Gasteiger partial charge on any atom is 0.422 e. The Morgan fingerprint density at radius 2 is 1.59 bits per heavy atom. The number of hydrogen-bond acceptors (Lipinski definition) is 9. The average Bonchev–Trinajstić information content (AvgIpc) is 3.04. The summed E-state index contributed by atoms with van der Waals surface area (Å²) in [6.45, 7) is 4.54. The highest BCUT2D eigenvalue weighted by Gasteiger charge is 2.43. The topological polar surface area (TPSA) is 100 Å². The largest absolute Gasteiger partial charge is 0.481 e. The van der Waals surface area contributed by atoms with Gasteiger partial charge in [-0.3, -0.25) is 14.6 Å². The fourth-order valence-corrected chi connectivity index (χ4v) is 6.41. The quantitative estimate of drug-likeness (QED) is 0.335. The molecule has 3 aromatic rings. The van der Waals surface area contributed by atoms with Crippen molar-refractivity contribution in [3.63, 3.8) is 0 Å². The molecule has 2 aromatic carbocycles. The second kappa shape index (κ2) is 14.7. The van der Waals surface area contributed by atoms with E-state index in [0.29, 0.717) is 38.3 Å². The van der Waals surface area contributed by atoms with Crippen molar-refractivity contribution in [3.8, 4) is 17.8 Å². The zero-order valence-electron chi connectivity index (χ0n) is 26.2. The van der Waals surface area contributed by atoms with E-state index < -0.39 is 25.4 Å². The third-order valence-corrected chi connectivity index (χ3v) is 8.26. The average molecular weight is 644 g/mol. The fraction of sp³-hybridized carbons (Fsp3) is 0.485. The van der Waals surface area contributed by atoms with Gasteiger partial charge in [-0.1, -0.05) is 60.7 Å². The Morgan fingerprint density at radius 3 is 2.15 bits per heavy atom. The van der Waals surface area contributed by atoms with Gasteiger partial charge in [0, 0.05) is 57.3 Å². The van der Waals surface area contributed by atoms with Crippen LogP contribution in [0.2, 0.25) is 0 Å². The van der Waals surface area contributed by atoms with Crippen molar-refractivity contribution >= 4 is 5.91 Å². The van der Waals surface area contributed by atoms with Crippen LogP contribution in [0.4, 0.5) is 13.2 Å². The SMILES string of the molecule is COc1nc(OCC(F)(F)F)nc(OC(C)C)c1CN1C[C@@H]2CN(C(=O)CO)CCN2[C@H](C(c2ccccc2)c2ccccc2)C1.